The van der Waals surface area contributed by atoms with Crippen molar-refractivity contribution in [1.29, 1.82) is 0 Å². The third-order valence-electron chi connectivity index (χ3n) is 2.85. The summed E-state index contributed by atoms with van der Waals surface area (Å²) < 4.78 is 5.34. The largest absolute Gasteiger partial charge is 0.504 e. The van der Waals surface area contributed by atoms with Crippen LogP contribution in [0.4, 0.5) is 0 Å². The first kappa shape index (κ1) is 14.7. The molecule has 0 spiro atoms. The van der Waals surface area contributed by atoms with Gasteiger partial charge in [-0.3, -0.25) is 0 Å². The first-order valence-electron chi connectivity index (χ1n) is 6.37. The average Bonchev–Trinajstić information content (AvgIpc) is 2.93. The minimum atomic E-state index is -0.662. The molecule has 0 atom stereocenters. The Morgan fingerprint density at radius 1 is 1.36 bits per heavy atom. The fraction of sp³-hybridized carbons (Fsp3) is 0.143. The molecule has 3 rings (SSSR count). The molecule has 0 unspecified atom stereocenters. The highest BCUT2D eigenvalue weighted by Crippen LogP contribution is 2.36. The van der Waals surface area contributed by atoms with Gasteiger partial charge in [0.25, 0.3) is 0 Å². The van der Waals surface area contributed by atoms with Gasteiger partial charge < -0.3 is 9.84 Å². The number of carbonyl (C=O) groups excluding carboxylic acids is 1. The van der Waals surface area contributed by atoms with Crippen LogP contribution < -0.4 is 0 Å². The van der Waals surface area contributed by atoms with Crippen LogP contribution in [0.1, 0.15) is 17.4 Å². The van der Waals surface area contributed by atoms with Crippen LogP contribution in [0.25, 0.3) is 20.8 Å². The van der Waals surface area contributed by atoms with Crippen LogP contribution in [0.15, 0.2) is 24.5 Å². The molecular weight excluding hydrogens is 326 g/mol. The van der Waals surface area contributed by atoms with Crippen LogP contribution in [-0.2, 0) is 4.74 Å². The Morgan fingerprint density at radius 2 is 2.18 bits per heavy atom. The Balaban J connectivity index is 2.08. The smallest absolute Gasteiger partial charge is 0.360 e. The summed E-state index contributed by atoms with van der Waals surface area (Å²) in [5, 5.41) is 11.3. The van der Waals surface area contributed by atoms with Crippen LogP contribution in [0.3, 0.4) is 0 Å². The van der Waals surface area contributed by atoms with Gasteiger partial charge >= 0.3 is 5.97 Å². The molecule has 8 heteroatoms. The quantitative estimate of drug-likeness (QED) is 0.584. The Labute approximate surface area is 134 Å². The third kappa shape index (κ3) is 2.60. The maximum absolute atomic E-state index is 11.7. The number of esters is 1. The van der Waals surface area contributed by atoms with E-state index in [9.17, 15) is 9.90 Å². The summed E-state index contributed by atoms with van der Waals surface area (Å²) in [7, 11) is 0. The van der Waals surface area contributed by atoms with E-state index in [4.69, 9.17) is 16.3 Å². The number of carbonyl (C=O) groups is 1. The molecule has 3 aromatic heterocycles. The van der Waals surface area contributed by atoms with E-state index in [1.54, 1.807) is 25.3 Å². The van der Waals surface area contributed by atoms with Gasteiger partial charge in [0.15, 0.2) is 11.4 Å². The van der Waals surface area contributed by atoms with E-state index in [1.807, 2.05) is 0 Å². The monoisotopic (exact) mass is 335 g/mol. The number of pyridine rings is 2. The predicted molar refractivity (Wildman–Crippen MR) is 83.3 cm³/mol. The molecule has 0 aliphatic carbocycles. The summed E-state index contributed by atoms with van der Waals surface area (Å²) in [5.41, 5.74) is 1.15. The van der Waals surface area contributed by atoms with E-state index < -0.39 is 5.97 Å². The summed E-state index contributed by atoms with van der Waals surface area (Å²) in [4.78, 5) is 24.0. The maximum atomic E-state index is 11.7. The lowest BCUT2D eigenvalue weighted by Gasteiger charge is -2.02. The van der Waals surface area contributed by atoms with E-state index >= 15 is 0 Å². The van der Waals surface area contributed by atoms with Crippen molar-refractivity contribution >= 4 is 39.1 Å². The Morgan fingerprint density at radius 3 is 2.86 bits per heavy atom. The number of rotatable bonds is 3. The number of nitrogens with zero attached hydrogens (tertiary/aromatic N) is 3. The Kier molecular flexibility index (Phi) is 3.91. The standard InChI is InChI=1S/C14H10ClN3O3S/c1-2-21-14(20)10-11(19)12-8(6-17-10)18-13(22-12)7-3-4-9(15)16-5-7/h3-6,19H,2H2,1H3. The first-order valence-corrected chi connectivity index (χ1v) is 7.57. The van der Waals surface area contributed by atoms with Crippen LogP contribution >= 0.6 is 22.9 Å². The molecule has 112 valence electrons. The van der Waals surface area contributed by atoms with E-state index in [1.165, 1.54) is 17.5 Å². The third-order valence-corrected chi connectivity index (χ3v) is 4.20. The number of hydrogen-bond acceptors (Lipinski definition) is 7. The number of fused-ring (bicyclic) bond motifs is 1. The summed E-state index contributed by atoms with van der Waals surface area (Å²) in [6, 6.07) is 3.44. The Hall–Kier alpha value is -2.25. The molecule has 3 aromatic rings. The van der Waals surface area contributed by atoms with Gasteiger partial charge in [-0.2, -0.15) is 0 Å². The van der Waals surface area contributed by atoms with Crippen molar-refractivity contribution in [3.8, 4) is 16.3 Å². The zero-order valence-corrected chi connectivity index (χ0v) is 13.0. The molecule has 0 aromatic carbocycles. The fourth-order valence-electron chi connectivity index (χ4n) is 1.86. The van der Waals surface area contributed by atoms with Crippen molar-refractivity contribution in [2.45, 2.75) is 6.92 Å². The second-order valence-corrected chi connectivity index (χ2v) is 5.67. The molecule has 6 nitrogen and oxygen atoms in total. The zero-order chi connectivity index (χ0) is 15.7. The molecule has 3 heterocycles. The van der Waals surface area contributed by atoms with Crippen LogP contribution in [0, 0.1) is 0 Å². The minimum Gasteiger partial charge on any atom is -0.504 e. The van der Waals surface area contributed by atoms with Crippen LogP contribution in [-0.4, -0.2) is 32.6 Å². The van der Waals surface area contributed by atoms with Crippen molar-refractivity contribution < 1.29 is 14.6 Å². The highest BCUT2D eigenvalue weighted by atomic mass is 35.5. The molecule has 0 fully saturated rings. The van der Waals surface area contributed by atoms with Gasteiger partial charge in [0.05, 0.1) is 12.8 Å². The molecule has 0 saturated heterocycles. The number of aromatic hydroxyl groups is 1. The topological polar surface area (TPSA) is 85.2 Å². The molecule has 0 aliphatic rings. The van der Waals surface area contributed by atoms with Gasteiger partial charge in [-0.1, -0.05) is 11.6 Å². The van der Waals surface area contributed by atoms with Gasteiger partial charge in [-0.25, -0.2) is 19.7 Å². The lowest BCUT2D eigenvalue weighted by atomic mass is 10.3. The summed E-state index contributed by atoms with van der Waals surface area (Å²) in [6.45, 7) is 1.90. The van der Waals surface area contributed by atoms with Crippen molar-refractivity contribution in [2.75, 3.05) is 6.61 Å². The molecular formula is C14H10ClN3O3S. The molecule has 0 aliphatic heterocycles. The normalized spacial score (nSPS) is 10.8. The predicted octanol–water partition coefficient (Wildman–Crippen LogP) is 3.29. The lowest BCUT2D eigenvalue weighted by Crippen LogP contribution is -2.07. The molecule has 0 bridgehead atoms. The number of ether oxygens (including phenoxy) is 1. The van der Waals surface area contributed by atoms with E-state index in [0.29, 0.717) is 20.4 Å². The highest BCUT2D eigenvalue weighted by Gasteiger charge is 2.19. The van der Waals surface area contributed by atoms with Gasteiger partial charge in [-0.05, 0) is 19.1 Å². The van der Waals surface area contributed by atoms with Gasteiger partial charge in [0.2, 0.25) is 0 Å². The number of hydrogen-bond donors (Lipinski definition) is 1. The second kappa shape index (κ2) is 5.86. The van der Waals surface area contributed by atoms with E-state index in [-0.39, 0.29) is 18.1 Å². The van der Waals surface area contributed by atoms with E-state index in [2.05, 4.69) is 15.0 Å². The molecule has 0 amide bonds. The number of aromatic nitrogens is 3. The van der Waals surface area contributed by atoms with Gasteiger partial charge in [0.1, 0.15) is 20.4 Å². The zero-order valence-electron chi connectivity index (χ0n) is 11.4. The van der Waals surface area contributed by atoms with Crippen molar-refractivity contribution in [3.63, 3.8) is 0 Å². The summed E-state index contributed by atoms with van der Waals surface area (Å²) in [5.74, 6) is -0.883. The number of thiazole rings is 1. The highest BCUT2D eigenvalue weighted by molar-refractivity contribution is 7.22. The van der Waals surface area contributed by atoms with Crippen LogP contribution in [0.5, 0.6) is 5.75 Å². The molecule has 0 radical (unpaired) electrons. The average molecular weight is 336 g/mol. The van der Waals surface area contributed by atoms with Crippen LogP contribution in [0.2, 0.25) is 5.15 Å². The molecule has 22 heavy (non-hydrogen) atoms. The summed E-state index contributed by atoms with van der Waals surface area (Å²) in [6.07, 6.45) is 3.03. The van der Waals surface area contributed by atoms with E-state index in [0.717, 1.165) is 5.56 Å². The van der Waals surface area contributed by atoms with Gasteiger partial charge in [-0.15, -0.1) is 11.3 Å². The fourth-order valence-corrected chi connectivity index (χ4v) is 2.94. The maximum Gasteiger partial charge on any atom is 0.360 e. The first-order chi connectivity index (χ1) is 10.6. The minimum absolute atomic E-state index is 0.112. The second-order valence-electron chi connectivity index (χ2n) is 4.28. The summed E-state index contributed by atoms with van der Waals surface area (Å²) >= 11 is 7.00. The molecule has 1 N–H and O–H groups in total. The van der Waals surface area contributed by atoms with Crippen molar-refractivity contribution in [3.05, 3.63) is 35.4 Å². The SMILES string of the molecule is CCOC(=O)c1ncc2nc(-c3ccc(Cl)nc3)sc2c1O. The van der Waals surface area contributed by atoms with Crippen molar-refractivity contribution in [2.24, 2.45) is 0 Å². The van der Waals surface area contributed by atoms with Crippen molar-refractivity contribution in [1.82, 2.24) is 15.0 Å². The Bertz CT molecular complexity index is 848. The van der Waals surface area contributed by atoms with Gasteiger partial charge in [0, 0.05) is 11.8 Å². The molecule has 0 saturated carbocycles. The lowest BCUT2D eigenvalue weighted by molar-refractivity contribution is 0.0516. The number of halogens is 1.